The minimum absolute atomic E-state index is 0.0585. The van der Waals surface area contributed by atoms with Crippen LogP contribution in [0.25, 0.3) is 22.8 Å². The highest BCUT2D eigenvalue weighted by atomic mass is 35.5. The number of halogens is 3. The zero-order chi connectivity index (χ0) is 29.3. The van der Waals surface area contributed by atoms with Gasteiger partial charge in [0.25, 0.3) is 0 Å². The quantitative estimate of drug-likeness (QED) is 0.201. The third kappa shape index (κ3) is 7.23. The molecule has 2 heterocycles. The van der Waals surface area contributed by atoms with Crippen molar-refractivity contribution in [3.63, 3.8) is 0 Å². The highest BCUT2D eigenvalue weighted by Gasteiger charge is 2.39. The van der Waals surface area contributed by atoms with Gasteiger partial charge >= 0.3 is 6.09 Å². The van der Waals surface area contributed by atoms with Crippen LogP contribution in [-0.2, 0) is 11.5 Å². The van der Waals surface area contributed by atoms with Crippen molar-refractivity contribution in [2.45, 2.75) is 51.9 Å². The van der Waals surface area contributed by atoms with Gasteiger partial charge in [0.15, 0.2) is 14.1 Å². The number of rotatable bonds is 9. The average molecular weight is 615 g/mol. The summed E-state index contributed by atoms with van der Waals surface area (Å²) in [7, 11) is 1.07. The molecule has 212 valence electrons. The number of hydrogen-bond donors (Lipinski definition) is 1. The zero-order valence-corrected chi connectivity index (χ0v) is 26.6. The lowest BCUT2D eigenvalue weighted by Gasteiger charge is -2.39. The van der Waals surface area contributed by atoms with Crippen LogP contribution in [0.5, 0.6) is 5.75 Å². The third-order valence-electron chi connectivity index (χ3n) is 6.89. The number of aromatic nitrogens is 4. The van der Waals surface area contributed by atoms with Gasteiger partial charge in [-0.2, -0.15) is 5.10 Å². The lowest BCUT2D eigenvalue weighted by atomic mass is 10.1. The fraction of sp³-hybridized carbons (Fsp3) is 0.462. The Morgan fingerprint density at radius 1 is 1.18 bits per heavy atom. The summed E-state index contributed by atoms with van der Waals surface area (Å²) in [5.41, 5.74) is 2.32. The molecule has 1 N–H and O–H groups in total. The summed E-state index contributed by atoms with van der Waals surface area (Å²) in [5, 5.41) is 14.7. The van der Waals surface area contributed by atoms with E-state index >= 15 is 0 Å². The molecule has 13 heteroatoms. The first kappa shape index (κ1) is 31.2. The van der Waals surface area contributed by atoms with Crippen molar-refractivity contribution >= 4 is 49.2 Å². The largest absolute Gasteiger partial charge is 0.491 e. The van der Waals surface area contributed by atoms with Crippen molar-refractivity contribution < 1.29 is 19.1 Å². The number of nitrogens with zero attached hydrogens (tertiary/aromatic N) is 5. The Morgan fingerprint density at radius 3 is 2.41 bits per heavy atom. The Bertz CT molecular complexity index is 1340. The van der Waals surface area contributed by atoms with E-state index in [1.807, 2.05) is 6.92 Å². The Balaban J connectivity index is 1.93. The first-order valence-corrected chi connectivity index (χ1v) is 16.3. The van der Waals surface area contributed by atoms with Crippen LogP contribution in [0.2, 0.25) is 33.3 Å². The first-order chi connectivity index (χ1) is 18.0. The van der Waals surface area contributed by atoms with Crippen LogP contribution < -0.4 is 4.74 Å². The van der Waals surface area contributed by atoms with E-state index in [9.17, 15) is 9.90 Å². The van der Waals surface area contributed by atoms with Crippen molar-refractivity contribution in [2.75, 3.05) is 20.2 Å². The highest BCUT2D eigenvalue weighted by Crippen LogP contribution is 2.38. The molecule has 3 aromatic rings. The van der Waals surface area contributed by atoms with E-state index in [4.69, 9.17) is 48.9 Å². The molecule has 0 aliphatic carbocycles. The summed E-state index contributed by atoms with van der Waals surface area (Å²) in [6, 6.07) is 5.14. The van der Waals surface area contributed by atoms with Gasteiger partial charge in [0.1, 0.15) is 23.2 Å². The van der Waals surface area contributed by atoms with Gasteiger partial charge in [0.05, 0.1) is 34.6 Å². The number of hydrogen-bond acceptors (Lipinski definition) is 6. The predicted octanol–water partition coefficient (Wildman–Crippen LogP) is 7.19. The second-order valence-electron chi connectivity index (χ2n) is 10.9. The molecule has 0 radical (unpaired) electrons. The number of aryl methyl sites for hydroxylation is 1. The fourth-order valence-corrected chi connectivity index (χ4v) is 5.53. The minimum Gasteiger partial charge on any atom is -0.491 e. The predicted molar refractivity (Wildman–Crippen MR) is 158 cm³/mol. The van der Waals surface area contributed by atoms with E-state index in [1.165, 1.54) is 18.1 Å². The molecule has 0 saturated heterocycles. The maximum atomic E-state index is 11.5. The number of carbonyl (C=O) groups is 1. The summed E-state index contributed by atoms with van der Waals surface area (Å²) in [5.74, 6) is 0.796. The van der Waals surface area contributed by atoms with Crippen LogP contribution in [-0.4, -0.2) is 70.5 Å². The summed E-state index contributed by atoms with van der Waals surface area (Å²) >= 11 is 19.4. The van der Waals surface area contributed by atoms with E-state index < -0.39 is 20.5 Å². The molecule has 0 saturated carbocycles. The molecule has 1 amide bonds. The van der Waals surface area contributed by atoms with Gasteiger partial charge < -0.3 is 19.2 Å². The Kier molecular flexibility index (Phi) is 9.60. The Morgan fingerprint density at radius 2 is 1.85 bits per heavy atom. The van der Waals surface area contributed by atoms with E-state index in [0.29, 0.717) is 44.1 Å². The molecule has 1 aromatic carbocycles. The van der Waals surface area contributed by atoms with Crippen molar-refractivity contribution in [3.8, 4) is 28.5 Å². The number of carboxylic acid groups (broad SMARTS) is 1. The maximum absolute atomic E-state index is 11.5. The van der Waals surface area contributed by atoms with Gasteiger partial charge in [-0.05, 0) is 43.3 Å². The molecular formula is C26H34Cl3N5O4Si. The summed E-state index contributed by atoms with van der Waals surface area (Å²) in [4.78, 5) is 21.9. The molecule has 0 bridgehead atoms. The topological polar surface area (TPSA) is 103 Å². The number of likely N-dealkylation sites (N-methyl/N-ethyl adjacent to an activating group) is 1. The molecule has 3 rings (SSSR count). The Labute approximate surface area is 245 Å². The van der Waals surface area contributed by atoms with Crippen LogP contribution >= 0.6 is 34.8 Å². The summed E-state index contributed by atoms with van der Waals surface area (Å²) in [6.45, 7) is 12.7. The SMILES string of the molecule is Cc1c(Cl)nc(-c2cc(OCC(CN(C)C(=O)O)O[Si](C)(C)C(C)(C)C)ccc2Cl)nc1-c1c(Cl)cnn1C. The van der Waals surface area contributed by atoms with Crippen LogP contribution in [0.1, 0.15) is 26.3 Å². The number of amides is 1. The Hall–Kier alpha value is -2.37. The molecule has 39 heavy (non-hydrogen) atoms. The van der Waals surface area contributed by atoms with Crippen molar-refractivity contribution in [2.24, 2.45) is 7.05 Å². The highest BCUT2D eigenvalue weighted by molar-refractivity contribution is 6.74. The monoisotopic (exact) mass is 613 g/mol. The molecule has 1 atom stereocenters. The molecule has 2 aromatic heterocycles. The maximum Gasteiger partial charge on any atom is 0.407 e. The lowest BCUT2D eigenvalue weighted by molar-refractivity contribution is 0.0794. The van der Waals surface area contributed by atoms with Crippen LogP contribution in [0.3, 0.4) is 0 Å². The lowest BCUT2D eigenvalue weighted by Crippen LogP contribution is -2.49. The summed E-state index contributed by atoms with van der Waals surface area (Å²) < 4.78 is 14.2. The minimum atomic E-state index is -2.21. The molecule has 1 unspecified atom stereocenters. The second kappa shape index (κ2) is 12.0. The molecule has 9 nitrogen and oxygen atoms in total. The van der Waals surface area contributed by atoms with Crippen molar-refractivity contribution in [1.82, 2.24) is 24.6 Å². The van der Waals surface area contributed by atoms with E-state index in [2.05, 4.69) is 43.9 Å². The molecule has 0 fully saturated rings. The van der Waals surface area contributed by atoms with Gasteiger partial charge in [0.2, 0.25) is 0 Å². The molecular weight excluding hydrogens is 581 g/mol. The number of benzene rings is 1. The zero-order valence-electron chi connectivity index (χ0n) is 23.3. The van der Waals surface area contributed by atoms with E-state index in [1.54, 1.807) is 29.9 Å². The van der Waals surface area contributed by atoms with Gasteiger partial charge in [0, 0.05) is 25.2 Å². The third-order valence-corrected chi connectivity index (χ3v) is 12.4. The molecule has 0 aliphatic rings. The average Bonchev–Trinajstić information content (AvgIpc) is 3.16. The number of ether oxygens (including phenoxy) is 1. The standard InChI is InChI=1S/C26H34Cl3N5O4Si/c1-15-21(22-20(28)12-30-34(22)6)31-24(32-23(15)29)18-11-16(9-10-19(18)27)37-14-17(13-33(5)25(35)36)38-39(7,8)26(2,3)4/h9-12,17H,13-14H2,1-8H3,(H,35,36). The first-order valence-electron chi connectivity index (χ1n) is 12.3. The van der Waals surface area contributed by atoms with Crippen LogP contribution in [0.4, 0.5) is 4.79 Å². The van der Waals surface area contributed by atoms with Gasteiger partial charge in [-0.1, -0.05) is 55.6 Å². The van der Waals surface area contributed by atoms with E-state index in [-0.39, 0.29) is 23.3 Å². The van der Waals surface area contributed by atoms with Gasteiger partial charge in [-0.3, -0.25) is 4.68 Å². The normalized spacial score (nSPS) is 12.9. The van der Waals surface area contributed by atoms with Crippen LogP contribution in [0, 0.1) is 6.92 Å². The smallest absolute Gasteiger partial charge is 0.407 e. The van der Waals surface area contributed by atoms with Gasteiger partial charge in [-0.25, -0.2) is 14.8 Å². The van der Waals surface area contributed by atoms with Crippen molar-refractivity contribution in [3.05, 3.63) is 45.2 Å². The van der Waals surface area contributed by atoms with Crippen molar-refractivity contribution in [1.29, 1.82) is 0 Å². The fourth-order valence-electron chi connectivity index (χ4n) is 3.57. The van der Waals surface area contributed by atoms with E-state index in [0.717, 1.165) is 0 Å². The molecule has 0 aliphatic heterocycles. The molecule has 0 spiro atoms. The second-order valence-corrected chi connectivity index (χ2v) is 16.8. The van der Waals surface area contributed by atoms with Crippen LogP contribution in [0.15, 0.2) is 24.4 Å². The summed E-state index contributed by atoms with van der Waals surface area (Å²) in [6.07, 6.45) is 0.0254. The van der Waals surface area contributed by atoms with Gasteiger partial charge in [-0.15, -0.1) is 0 Å².